The molecule has 2 heterocycles. The Kier molecular flexibility index (Phi) is 31.5. The molecule has 6 amide bonds. The molecule has 0 aliphatic carbocycles. The Hall–Kier alpha value is -5.46. The zero-order chi connectivity index (χ0) is 58.4. The molecule has 0 radical (unpaired) electrons. The van der Waals surface area contributed by atoms with E-state index in [9.17, 15) is 43.8 Å². The van der Waals surface area contributed by atoms with Crippen LogP contribution in [0.15, 0.2) is 29.6 Å². The van der Waals surface area contributed by atoms with Crippen molar-refractivity contribution in [3.05, 3.63) is 45.9 Å². The monoisotopic (exact) mass is 1130 g/mol. The fourth-order valence-corrected chi connectivity index (χ4v) is 9.94. The predicted molar refractivity (Wildman–Crippen MR) is 299 cm³/mol. The Labute approximate surface area is 471 Å². The predicted octanol–water partition coefficient (Wildman–Crippen LogP) is 5.94. The molecule has 2 aromatic rings. The number of nitrogens with zero attached hydrogens (tertiary/aromatic N) is 3. The molecule has 23 heteroatoms. The second-order valence-electron chi connectivity index (χ2n) is 20.8. The molecule has 9 atom stereocenters. The lowest BCUT2D eigenvalue weighted by molar-refractivity contribution is -0.165. The number of aliphatic hydroxyl groups excluding tert-OH is 2. The third kappa shape index (κ3) is 24.4. The van der Waals surface area contributed by atoms with Gasteiger partial charge in [-0.15, -0.1) is 11.3 Å². The van der Waals surface area contributed by atoms with E-state index in [4.69, 9.17) is 29.0 Å². The lowest BCUT2D eigenvalue weighted by Gasteiger charge is -2.40. The van der Waals surface area contributed by atoms with Crippen LogP contribution in [0.5, 0.6) is 5.75 Å². The molecule has 8 N–H and O–H groups in total. The number of thiazole rings is 1. The van der Waals surface area contributed by atoms with Crippen molar-refractivity contribution in [2.45, 2.75) is 182 Å². The minimum absolute atomic E-state index is 0.00523. The van der Waals surface area contributed by atoms with Crippen LogP contribution < -0.4 is 31.3 Å². The molecule has 0 bridgehead atoms. The highest BCUT2D eigenvalue weighted by Crippen LogP contribution is 2.32. The number of likely N-dealkylation sites (N-methyl/N-ethyl adjacent to an activating group) is 1. The van der Waals surface area contributed by atoms with Gasteiger partial charge in [0.05, 0.1) is 24.7 Å². The lowest BCUT2D eigenvalue weighted by Crippen LogP contribution is -2.58. The van der Waals surface area contributed by atoms with E-state index in [1.165, 1.54) is 11.3 Å². The van der Waals surface area contributed by atoms with Crippen molar-refractivity contribution in [3.63, 3.8) is 0 Å². The molecule has 446 valence electrons. The van der Waals surface area contributed by atoms with Crippen molar-refractivity contribution in [2.24, 2.45) is 17.8 Å². The first kappa shape index (κ1) is 67.8. The van der Waals surface area contributed by atoms with Crippen LogP contribution in [0.4, 0.5) is 9.59 Å². The number of benzene rings is 1. The number of carboxylic acid groups (broad SMARTS) is 1. The lowest BCUT2D eigenvalue weighted by atomic mass is 9.92. The molecule has 1 aliphatic rings. The second-order valence-corrected chi connectivity index (χ2v) is 21.7. The summed E-state index contributed by atoms with van der Waals surface area (Å²) < 4.78 is 21.9. The van der Waals surface area contributed by atoms with Gasteiger partial charge in [0.25, 0.3) is 5.91 Å². The van der Waals surface area contributed by atoms with Crippen LogP contribution in [-0.4, -0.2) is 168 Å². The van der Waals surface area contributed by atoms with Crippen molar-refractivity contribution in [1.29, 1.82) is 0 Å². The highest BCUT2D eigenvalue weighted by molar-refractivity contribution is 7.09. The van der Waals surface area contributed by atoms with E-state index < -0.39 is 67.2 Å². The minimum atomic E-state index is -1.39. The number of aromatic nitrogens is 1. The summed E-state index contributed by atoms with van der Waals surface area (Å²) >= 11 is 1.29. The van der Waals surface area contributed by atoms with Crippen molar-refractivity contribution in [1.82, 2.24) is 41.4 Å². The Morgan fingerprint density at radius 2 is 1.57 bits per heavy atom. The number of carboxylic acids is 1. The average molecular weight is 1130 g/mol. The molecule has 1 fully saturated rings. The molecule has 0 spiro atoms. The van der Waals surface area contributed by atoms with Crippen molar-refractivity contribution in [2.75, 3.05) is 59.6 Å². The number of unbranched alkanes of at least 4 members (excludes halogenated alkanes) is 1. The summed E-state index contributed by atoms with van der Waals surface area (Å²) in [5.74, 6) is -2.62. The van der Waals surface area contributed by atoms with Gasteiger partial charge in [-0.25, -0.2) is 14.6 Å². The van der Waals surface area contributed by atoms with Gasteiger partial charge in [-0.2, -0.15) is 0 Å². The smallest absolute Gasteiger partial charge is 0.412 e. The van der Waals surface area contributed by atoms with Gasteiger partial charge >= 0.3 is 18.2 Å². The Balaban J connectivity index is 1.58. The number of hydrogen-bond donors (Lipinski definition) is 8. The van der Waals surface area contributed by atoms with Gasteiger partial charge in [0, 0.05) is 63.1 Å². The van der Waals surface area contributed by atoms with Crippen LogP contribution >= 0.6 is 11.3 Å². The first-order valence-electron chi connectivity index (χ1n) is 28.3. The van der Waals surface area contributed by atoms with Crippen LogP contribution in [0, 0.1) is 17.8 Å². The standard InChI is InChI=1S/C56H92N8O14S/c1-10-27-64(53(70)49(37(7)12-3)62-51(69)44-18-14-17-28-63(44)9)45(36(5)6)32-46(75-29-11-2)52-61-43(35-79-52)50(68)60-40(30-38(8)54(71)72)31-39-19-21-42(22-20-39)78-56(74)58-25-16-15-24-57-47(66)23-26-59-55(73)76-34-48(67)77-41(13-4)33-65/h19-22,35-38,40-41,44-46,48-49,65,67H,10-18,23-34H2,1-9H3,(H,57,66)(H,58,74)(H,59,73)(H,60,68)(H,62,69)(H,71,72)/t37-,38-,40+,41?,44+,45+,46+,48?,49-/m0/s1. The number of nitrogens with one attached hydrogen (secondary N) is 5. The van der Waals surface area contributed by atoms with Crippen LogP contribution in [0.2, 0.25) is 0 Å². The van der Waals surface area contributed by atoms with Gasteiger partial charge in [-0.05, 0) is 101 Å². The third-order valence-electron chi connectivity index (χ3n) is 14.0. The largest absolute Gasteiger partial charge is 0.481 e. The van der Waals surface area contributed by atoms with Gasteiger partial charge < -0.3 is 65.8 Å². The highest BCUT2D eigenvalue weighted by Gasteiger charge is 2.38. The summed E-state index contributed by atoms with van der Waals surface area (Å²) in [6.45, 7) is 17.2. The maximum absolute atomic E-state index is 14.8. The van der Waals surface area contributed by atoms with Gasteiger partial charge in [0.1, 0.15) is 35.2 Å². The normalized spacial score (nSPS) is 16.7. The summed E-state index contributed by atoms with van der Waals surface area (Å²) in [6, 6.07) is 4.82. The first-order valence-corrected chi connectivity index (χ1v) is 29.2. The number of hydrogen-bond acceptors (Lipinski definition) is 16. The Bertz CT molecular complexity index is 2160. The SMILES string of the molecule is CCCO[C@H](C[C@H](C(C)C)N(CCC)C(=O)[C@@H](NC(=O)[C@H]1CCCCN1C)[C@@H](C)CC)c1nc(C(=O)N[C@@H](Cc2ccc(OC(=O)NCCCCNC(=O)CCNC(=O)OCC(O)OC(CC)CO)cc2)C[C@H](C)C(=O)O)cs1. The number of carbonyl (C=O) groups excluding carboxylic acids is 6. The van der Waals surface area contributed by atoms with E-state index in [0.29, 0.717) is 63.2 Å². The number of likely N-dealkylation sites (tertiary alicyclic amines) is 1. The van der Waals surface area contributed by atoms with Crippen LogP contribution in [0.1, 0.15) is 160 Å². The Morgan fingerprint density at radius 3 is 2.19 bits per heavy atom. The van der Waals surface area contributed by atoms with Gasteiger partial charge in [0.2, 0.25) is 17.7 Å². The fraction of sp³-hybridized carbons (Fsp3) is 0.714. The molecular weight excluding hydrogens is 1040 g/mol. The first-order chi connectivity index (χ1) is 37.7. The van der Waals surface area contributed by atoms with Crippen LogP contribution in [0.25, 0.3) is 0 Å². The molecule has 1 aromatic heterocycles. The molecule has 3 rings (SSSR count). The van der Waals surface area contributed by atoms with Gasteiger partial charge in [-0.1, -0.05) is 80.4 Å². The summed E-state index contributed by atoms with van der Waals surface area (Å²) in [4.78, 5) is 99.8. The van der Waals surface area contributed by atoms with Gasteiger partial charge in [-0.3, -0.25) is 28.9 Å². The van der Waals surface area contributed by atoms with E-state index in [-0.39, 0.29) is 92.0 Å². The second kappa shape index (κ2) is 36.7. The topological polar surface area (TPSA) is 297 Å². The highest BCUT2D eigenvalue weighted by atomic mass is 32.1. The summed E-state index contributed by atoms with van der Waals surface area (Å²) in [5, 5.41) is 45.0. The van der Waals surface area contributed by atoms with E-state index in [2.05, 4.69) is 45.3 Å². The number of carbonyl (C=O) groups is 7. The summed E-state index contributed by atoms with van der Waals surface area (Å²) in [5.41, 5.74) is 0.914. The number of alkyl carbamates (subject to hydrolysis) is 1. The molecular formula is C56H92N8O14S. The van der Waals surface area contributed by atoms with E-state index in [0.717, 1.165) is 37.8 Å². The van der Waals surface area contributed by atoms with E-state index in [1.54, 1.807) is 43.5 Å². The summed E-state index contributed by atoms with van der Waals surface area (Å²) in [6.07, 6.45) is 3.25. The van der Waals surface area contributed by atoms with Crippen molar-refractivity contribution < 1.29 is 67.8 Å². The number of aliphatic carboxylic acids is 1. The van der Waals surface area contributed by atoms with Crippen molar-refractivity contribution >= 4 is 53.1 Å². The van der Waals surface area contributed by atoms with E-state index in [1.807, 2.05) is 39.6 Å². The van der Waals surface area contributed by atoms with Crippen LogP contribution in [-0.2, 0) is 39.8 Å². The molecule has 1 aromatic carbocycles. The maximum Gasteiger partial charge on any atom is 0.412 e. The summed E-state index contributed by atoms with van der Waals surface area (Å²) in [7, 11) is 1.96. The molecule has 2 unspecified atom stereocenters. The zero-order valence-electron chi connectivity index (χ0n) is 48.1. The quantitative estimate of drug-likeness (QED) is 0.0287. The van der Waals surface area contributed by atoms with Crippen molar-refractivity contribution in [3.8, 4) is 5.75 Å². The molecule has 79 heavy (non-hydrogen) atoms. The number of aliphatic hydroxyl groups is 2. The third-order valence-corrected chi connectivity index (χ3v) is 14.9. The minimum Gasteiger partial charge on any atom is -0.481 e. The zero-order valence-corrected chi connectivity index (χ0v) is 48.9. The molecule has 0 saturated carbocycles. The van der Waals surface area contributed by atoms with Gasteiger partial charge in [0.15, 0.2) is 6.29 Å². The van der Waals surface area contributed by atoms with Crippen LogP contribution in [0.3, 0.4) is 0 Å². The fourth-order valence-electron chi connectivity index (χ4n) is 9.08. The molecule has 1 saturated heterocycles. The van der Waals surface area contributed by atoms with E-state index >= 15 is 0 Å². The number of piperidine rings is 1. The molecule has 22 nitrogen and oxygen atoms in total. The Morgan fingerprint density at radius 1 is 0.873 bits per heavy atom. The number of ether oxygens (including phenoxy) is 4. The average Bonchev–Trinajstić information content (AvgIpc) is 3.92. The number of rotatable bonds is 37. The maximum atomic E-state index is 14.8. The number of amides is 6. The molecule has 1 aliphatic heterocycles.